The van der Waals surface area contributed by atoms with Gasteiger partial charge in [0.1, 0.15) is 5.75 Å². The number of rotatable bonds is 1. The van der Waals surface area contributed by atoms with Gasteiger partial charge in [-0.05, 0) is 28.1 Å². The molecule has 4 heteroatoms. The number of anilines is 1. The standard InChI is InChI=1S/C10H9BrN2O/c1-14-6-2-3-7-9(4-6)13-5-8(12)10(7)11/h2-5H,12H2,1H3. The monoisotopic (exact) mass is 252 g/mol. The van der Waals surface area contributed by atoms with E-state index in [1.54, 1.807) is 13.3 Å². The number of benzene rings is 1. The Bertz CT molecular complexity index is 485. The molecular formula is C10H9BrN2O. The molecule has 0 saturated carbocycles. The number of hydrogen-bond donors (Lipinski definition) is 1. The number of nitrogen functional groups attached to an aromatic ring is 1. The van der Waals surface area contributed by atoms with Gasteiger partial charge in [-0.25, -0.2) is 0 Å². The average molecular weight is 253 g/mol. The molecule has 2 N–H and O–H groups in total. The summed E-state index contributed by atoms with van der Waals surface area (Å²) >= 11 is 3.42. The Labute approximate surface area is 90.0 Å². The van der Waals surface area contributed by atoms with Gasteiger partial charge in [-0.15, -0.1) is 0 Å². The molecule has 1 aromatic heterocycles. The van der Waals surface area contributed by atoms with Gasteiger partial charge in [-0.2, -0.15) is 0 Å². The van der Waals surface area contributed by atoms with Crippen molar-refractivity contribution in [2.75, 3.05) is 12.8 Å². The number of pyridine rings is 1. The lowest BCUT2D eigenvalue weighted by atomic mass is 10.2. The number of fused-ring (bicyclic) bond motifs is 1. The highest BCUT2D eigenvalue weighted by atomic mass is 79.9. The van der Waals surface area contributed by atoms with Gasteiger partial charge in [0.15, 0.2) is 0 Å². The molecule has 0 amide bonds. The van der Waals surface area contributed by atoms with Crippen molar-refractivity contribution in [3.63, 3.8) is 0 Å². The third-order valence-electron chi connectivity index (χ3n) is 2.04. The van der Waals surface area contributed by atoms with Crippen molar-refractivity contribution < 1.29 is 4.74 Å². The van der Waals surface area contributed by atoms with Crippen LogP contribution in [-0.2, 0) is 0 Å². The molecule has 1 heterocycles. The van der Waals surface area contributed by atoms with Crippen LogP contribution in [0.2, 0.25) is 0 Å². The summed E-state index contributed by atoms with van der Waals surface area (Å²) in [7, 11) is 1.63. The molecule has 2 rings (SSSR count). The smallest absolute Gasteiger partial charge is 0.121 e. The van der Waals surface area contributed by atoms with E-state index in [1.165, 1.54) is 0 Å². The Morgan fingerprint density at radius 2 is 2.21 bits per heavy atom. The Hall–Kier alpha value is -1.29. The molecule has 14 heavy (non-hydrogen) atoms. The first kappa shape index (κ1) is 9.27. The lowest BCUT2D eigenvalue weighted by Crippen LogP contribution is -1.90. The van der Waals surface area contributed by atoms with E-state index in [0.29, 0.717) is 5.69 Å². The van der Waals surface area contributed by atoms with Crippen LogP contribution in [-0.4, -0.2) is 12.1 Å². The van der Waals surface area contributed by atoms with Crippen molar-refractivity contribution in [1.29, 1.82) is 0 Å². The molecule has 3 nitrogen and oxygen atoms in total. The predicted octanol–water partition coefficient (Wildman–Crippen LogP) is 2.59. The first-order valence-corrected chi connectivity index (χ1v) is 4.89. The fourth-order valence-electron chi connectivity index (χ4n) is 1.28. The van der Waals surface area contributed by atoms with Crippen molar-refractivity contribution in [2.45, 2.75) is 0 Å². The summed E-state index contributed by atoms with van der Waals surface area (Å²) in [5.74, 6) is 0.793. The summed E-state index contributed by atoms with van der Waals surface area (Å²) in [6.07, 6.45) is 1.63. The first-order valence-electron chi connectivity index (χ1n) is 4.10. The fourth-order valence-corrected chi connectivity index (χ4v) is 1.72. The molecule has 0 aliphatic rings. The van der Waals surface area contributed by atoms with Crippen molar-refractivity contribution in [2.24, 2.45) is 0 Å². The maximum atomic E-state index is 5.72. The van der Waals surface area contributed by atoms with E-state index >= 15 is 0 Å². The lowest BCUT2D eigenvalue weighted by molar-refractivity contribution is 0.415. The zero-order valence-corrected chi connectivity index (χ0v) is 9.21. The first-order chi connectivity index (χ1) is 6.72. The molecule has 0 aliphatic heterocycles. The zero-order valence-electron chi connectivity index (χ0n) is 7.62. The molecule has 0 atom stereocenters. The van der Waals surface area contributed by atoms with Crippen LogP contribution in [0.25, 0.3) is 10.9 Å². The Morgan fingerprint density at radius 3 is 2.93 bits per heavy atom. The molecule has 0 fully saturated rings. The lowest BCUT2D eigenvalue weighted by Gasteiger charge is -2.05. The summed E-state index contributed by atoms with van der Waals surface area (Å²) < 4.78 is 5.99. The fraction of sp³-hybridized carbons (Fsp3) is 0.100. The molecular weight excluding hydrogens is 244 g/mol. The highest BCUT2D eigenvalue weighted by Gasteiger charge is 2.04. The van der Waals surface area contributed by atoms with E-state index in [0.717, 1.165) is 21.1 Å². The van der Waals surface area contributed by atoms with Crippen LogP contribution in [0.4, 0.5) is 5.69 Å². The summed E-state index contributed by atoms with van der Waals surface area (Å²) in [5, 5.41) is 0.991. The van der Waals surface area contributed by atoms with Gasteiger partial charge in [-0.3, -0.25) is 4.98 Å². The van der Waals surface area contributed by atoms with Crippen molar-refractivity contribution >= 4 is 32.5 Å². The van der Waals surface area contributed by atoms with Gasteiger partial charge in [0.2, 0.25) is 0 Å². The number of aromatic nitrogens is 1. The third kappa shape index (κ3) is 1.42. The predicted molar refractivity (Wildman–Crippen MR) is 60.4 cm³/mol. The second-order valence-electron chi connectivity index (χ2n) is 2.91. The van der Waals surface area contributed by atoms with E-state index in [9.17, 15) is 0 Å². The largest absolute Gasteiger partial charge is 0.497 e. The number of halogens is 1. The molecule has 0 saturated heterocycles. The Kier molecular flexibility index (Phi) is 2.29. The molecule has 0 spiro atoms. The van der Waals surface area contributed by atoms with E-state index in [2.05, 4.69) is 20.9 Å². The topological polar surface area (TPSA) is 48.1 Å². The summed E-state index contributed by atoms with van der Waals surface area (Å²) in [6, 6.07) is 5.69. The van der Waals surface area contributed by atoms with E-state index in [4.69, 9.17) is 10.5 Å². The Morgan fingerprint density at radius 1 is 1.43 bits per heavy atom. The molecule has 0 aliphatic carbocycles. The van der Waals surface area contributed by atoms with Crippen molar-refractivity contribution in [3.8, 4) is 5.75 Å². The van der Waals surface area contributed by atoms with Crippen LogP contribution < -0.4 is 10.5 Å². The van der Waals surface area contributed by atoms with Crippen LogP contribution in [0.5, 0.6) is 5.75 Å². The van der Waals surface area contributed by atoms with Crippen LogP contribution in [0.3, 0.4) is 0 Å². The molecule has 0 radical (unpaired) electrons. The van der Waals surface area contributed by atoms with Gasteiger partial charge in [0.25, 0.3) is 0 Å². The van der Waals surface area contributed by atoms with Gasteiger partial charge in [-0.1, -0.05) is 0 Å². The number of hydrogen-bond acceptors (Lipinski definition) is 3. The molecule has 0 unspecified atom stereocenters. The number of nitrogens with two attached hydrogens (primary N) is 1. The normalized spacial score (nSPS) is 10.4. The Balaban J connectivity index is 2.74. The van der Waals surface area contributed by atoms with E-state index in [-0.39, 0.29) is 0 Å². The minimum absolute atomic E-state index is 0.641. The van der Waals surface area contributed by atoms with E-state index in [1.807, 2.05) is 18.2 Å². The minimum Gasteiger partial charge on any atom is -0.497 e. The van der Waals surface area contributed by atoms with Crippen LogP contribution in [0.15, 0.2) is 28.9 Å². The van der Waals surface area contributed by atoms with Crippen molar-refractivity contribution in [1.82, 2.24) is 4.98 Å². The van der Waals surface area contributed by atoms with Crippen LogP contribution >= 0.6 is 15.9 Å². The van der Waals surface area contributed by atoms with Gasteiger partial charge in [0, 0.05) is 11.5 Å². The molecule has 72 valence electrons. The average Bonchev–Trinajstić information content (AvgIpc) is 2.23. The molecule has 1 aromatic carbocycles. The summed E-state index contributed by atoms with van der Waals surface area (Å²) in [6.45, 7) is 0. The summed E-state index contributed by atoms with van der Waals surface area (Å²) in [4.78, 5) is 4.22. The third-order valence-corrected chi connectivity index (χ3v) is 2.92. The second-order valence-corrected chi connectivity index (χ2v) is 3.70. The van der Waals surface area contributed by atoms with Crippen molar-refractivity contribution in [3.05, 3.63) is 28.9 Å². The molecule has 2 aromatic rings. The quantitative estimate of drug-likeness (QED) is 0.849. The number of ether oxygens (including phenoxy) is 1. The minimum atomic E-state index is 0.641. The van der Waals surface area contributed by atoms with Gasteiger partial charge < -0.3 is 10.5 Å². The maximum Gasteiger partial charge on any atom is 0.121 e. The highest BCUT2D eigenvalue weighted by Crippen LogP contribution is 2.29. The van der Waals surface area contributed by atoms with Crippen LogP contribution in [0, 0.1) is 0 Å². The summed E-state index contributed by atoms with van der Waals surface area (Å²) in [5.41, 5.74) is 7.22. The van der Waals surface area contributed by atoms with Gasteiger partial charge >= 0.3 is 0 Å². The molecule has 0 bridgehead atoms. The van der Waals surface area contributed by atoms with Crippen LogP contribution in [0.1, 0.15) is 0 Å². The number of methoxy groups -OCH3 is 1. The second kappa shape index (κ2) is 3.46. The SMILES string of the molecule is COc1ccc2c(Br)c(N)cnc2c1. The van der Waals surface area contributed by atoms with Gasteiger partial charge in [0.05, 0.1) is 29.0 Å². The number of nitrogens with zero attached hydrogens (tertiary/aromatic N) is 1. The highest BCUT2D eigenvalue weighted by molar-refractivity contribution is 9.10. The zero-order chi connectivity index (χ0) is 10.1. The maximum absolute atomic E-state index is 5.72. The van der Waals surface area contributed by atoms with E-state index < -0.39 is 0 Å².